The summed E-state index contributed by atoms with van der Waals surface area (Å²) in [6.45, 7) is 13.3. The van der Waals surface area contributed by atoms with Crippen LogP contribution >= 0.6 is 18.9 Å². The number of fused-ring (bicyclic) bond motifs is 2. The number of carboxylic acids is 1. The van der Waals surface area contributed by atoms with Gasteiger partial charge < -0.3 is 30.4 Å². The van der Waals surface area contributed by atoms with Crippen molar-refractivity contribution in [2.75, 3.05) is 36.2 Å². The summed E-state index contributed by atoms with van der Waals surface area (Å²) in [5.74, 6) is 1.78. The van der Waals surface area contributed by atoms with Gasteiger partial charge in [0.2, 0.25) is 4.80 Å². The Balaban J connectivity index is 0.000000250. The van der Waals surface area contributed by atoms with Crippen molar-refractivity contribution in [3.05, 3.63) is 66.0 Å². The number of nitrogens with two attached hydrogens (primary N) is 1. The molecule has 2 atom stereocenters. The zero-order chi connectivity index (χ0) is 43.0. The van der Waals surface area contributed by atoms with Crippen LogP contribution in [0, 0.1) is 57.7 Å². The first-order valence-electron chi connectivity index (χ1n) is 17.8. The van der Waals surface area contributed by atoms with Crippen molar-refractivity contribution in [1.29, 1.82) is 0 Å². The molecule has 2 aliphatic heterocycles. The molecule has 0 saturated heterocycles. The fourth-order valence-corrected chi connectivity index (χ4v) is 7.36. The van der Waals surface area contributed by atoms with Crippen molar-refractivity contribution in [2.24, 2.45) is 16.1 Å². The predicted octanol–water partition coefficient (Wildman–Crippen LogP) is 5.67. The third-order valence-electron chi connectivity index (χ3n) is 9.11. The Morgan fingerprint density at radius 3 is 2.44 bits per heavy atom. The van der Waals surface area contributed by atoms with E-state index >= 15 is 0 Å². The Hall–Kier alpha value is -5.22. The highest BCUT2D eigenvalue weighted by atomic mass is 32.1. The van der Waals surface area contributed by atoms with E-state index in [4.69, 9.17) is 26.9 Å². The molecule has 1 amide bonds. The number of hydrogen-bond donors (Lipinski definition) is 4. The quantitative estimate of drug-likeness (QED) is 0.0744. The number of carboxylic acid groups (broad SMARTS) is 1. The fourth-order valence-electron chi connectivity index (χ4n) is 5.84. The summed E-state index contributed by atoms with van der Waals surface area (Å²) in [5.41, 5.74) is 6.33. The molecule has 21 heteroatoms. The average Bonchev–Trinajstić information content (AvgIpc) is 3.63. The number of amides is 1. The molecule has 0 saturated carbocycles. The maximum absolute atomic E-state index is 14.5. The van der Waals surface area contributed by atoms with Gasteiger partial charge in [0, 0.05) is 61.1 Å². The molecule has 0 radical (unpaired) electrons. The largest absolute Gasteiger partial charge is 0.481 e. The van der Waals surface area contributed by atoms with Crippen LogP contribution in [-0.2, 0) is 27.1 Å². The number of carbonyl (C=O) groups excluding carboxylic acids is 1. The van der Waals surface area contributed by atoms with Gasteiger partial charge in [0.15, 0.2) is 25.5 Å². The number of rotatable bonds is 12. The molecule has 1 aromatic heterocycles. The molecule has 3 heterocycles. The minimum absolute atomic E-state index is 0.0109. The summed E-state index contributed by atoms with van der Waals surface area (Å²) in [6, 6.07) is 3.07. The zero-order valence-electron chi connectivity index (χ0n) is 32.8. The number of carbonyl (C=O) groups is 2. The number of nitro benzene ring substituents is 2. The topological polar surface area (TPSA) is 259 Å². The van der Waals surface area contributed by atoms with Crippen LogP contribution < -0.4 is 25.5 Å². The Labute approximate surface area is 332 Å². The van der Waals surface area contributed by atoms with Crippen LogP contribution in [0.15, 0.2) is 23.2 Å². The van der Waals surface area contributed by atoms with E-state index in [1.165, 1.54) is 41.3 Å². The molecule has 0 aliphatic carbocycles. The van der Waals surface area contributed by atoms with Crippen LogP contribution in [0.4, 0.5) is 32.8 Å². The second-order valence-corrected chi connectivity index (χ2v) is 17.7. The van der Waals surface area contributed by atoms with Crippen LogP contribution in [-0.4, -0.2) is 78.7 Å². The molecule has 0 spiro atoms. The third-order valence-corrected chi connectivity index (χ3v) is 11.0. The van der Waals surface area contributed by atoms with Crippen LogP contribution in [0.25, 0.3) is 0 Å². The van der Waals surface area contributed by atoms with Gasteiger partial charge in [-0.2, -0.15) is 4.37 Å². The van der Waals surface area contributed by atoms with Gasteiger partial charge in [-0.25, -0.2) is 9.38 Å². The van der Waals surface area contributed by atoms with Crippen LogP contribution in [0.5, 0.6) is 5.75 Å². The molecule has 2 unspecified atom stereocenters. The second kappa shape index (κ2) is 19.3. The first-order valence-corrected chi connectivity index (χ1v) is 20.9. The maximum Gasteiger partial charge on any atom is 0.320 e. The SMILES string of the molecule is C#CCN1C(=O)COc2cc(F)c(N=c3snc4n3CC(C)(C)C4)cc21.CCC(CC)Nc1c([N+](=O)[O-])cc(C)c(C)c1[N+](=O)[O-].CP(=O)(O)CCC(N)C(=O)O. The number of aryl methyl sites for hydroxylation is 1. The highest BCUT2D eigenvalue weighted by Crippen LogP contribution is 2.40. The number of ether oxygens (including phenoxy) is 1. The Kier molecular flexibility index (Phi) is 15.6. The number of terminal acetylenes is 1. The van der Waals surface area contributed by atoms with E-state index in [2.05, 4.69) is 34.5 Å². The number of hydrogen-bond acceptors (Lipinski definition) is 13. The number of aromatic nitrogens is 2. The summed E-state index contributed by atoms with van der Waals surface area (Å²) in [6.07, 6.45) is 7.68. The van der Waals surface area contributed by atoms with E-state index < -0.39 is 35.0 Å². The average molecular weight is 835 g/mol. The molecular weight excluding hydrogens is 786 g/mol. The fraction of sp³-hybridized carbons (Fsp3) is 0.500. The standard InChI is InChI=1S/C18H17FN4O2S.C13H19N3O4.C5H12NO4P/c1-4-5-22-13-7-12(11(19)6-14(13)25-9-16(22)24)20-17-23-10-18(2,3)8-15(23)21-26-17;1-5-10(6-2)14-12-11(15(17)18)7-8(3)9(4)13(12)16(19)20;1-11(9,10)3-2-4(6)5(7)8/h1,6-7H,5,8-10H2,2-3H3;7,10,14H,5-6H2,1-4H3;4H,2-3,6H2,1H3,(H,7,8)(H,9,10). The summed E-state index contributed by atoms with van der Waals surface area (Å²) < 4.78 is 37.0. The summed E-state index contributed by atoms with van der Waals surface area (Å²) >= 11 is 1.24. The molecule has 310 valence electrons. The van der Waals surface area contributed by atoms with E-state index in [9.17, 15) is 38.8 Å². The van der Waals surface area contributed by atoms with Gasteiger partial charge in [-0.3, -0.25) is 39.3 Å². The van der Waals surface area contributed by atoms with Crippen molar-refractivity contribution >= 4 is 59.2 Å². The lowest BCUT2D eigenvalue weighted by atomic mass is 9.92. The molecule has 2 aromatic carbocycles. The maximum atomic E-state index is 14.5. The molecule has 5 rings (SSSR count). The number of halogens is 1. The monoisotopic (exact) mass is 834 g/mol. The Morgan fingerprint density at radius 1 is 1.25 bits per heavy atom. The first-order chi connectivity index (χ1) is 26.5. The van der Waals surface area contributed by atoms with Crippen LogP contribution in [0.1, 0.15) is 63.9 Å². The van der Waals surface area contributed by atoms with Crippen LogP contribution in [0.2, 0.25) is 0 Å². The van der Waals surface area contributed by atoms with Gasteiger partial charge in [0.25, 0.3) is 11.6 Å². The number of nitro groups is 2. The lowest BCUT2D eigenvalue weighted by Crippen LogP contribution is -2.39. The van der Waals surface area contributed by atoms with Crippen molar-refractivity contribution in [2.45, 2.75) is 85.9 Å². The second-order valence-electron chi connectivity index (χ2n) is 14.4. The number of nitrogens with one attached hydrogen (secondary N) is 1. The molecule has 3 aromatic rings. The highest BCUT2D eigenvalue weighted by Gasteiger charge is 2.32. The summed E-state index contributed by atoms with van der Waals surface area (Å²) in [7, 11) is -3.10. The van der Waals surface area contributed by atoms with Gasteiger partial charge in [-0.15, -0.1) is 6.42 Å². The van der Waals surface area contributed by atoms with Crippen molar-refractivity contribution in [3.8, 4) is 18.1 Å². The predicted molar refractivity (Wildman–Crippen MR) is 214 cm³/mol. The van der Waals surface area contributed by atoms with Gasteiger partial charge in [0.1, 0.15) is 23.3 Å². The number of nitrogens with zero attached hydrogens (tertiary/aromatic N) is 6. The number of anilines is 2. The van der Waals surface area contributed by atoms with Gasteiger partial charge in [-0.05, 0) is 50.2 Å². The van der Waals surface area contributed by atoms with E-state index in [0.29, 0.717) is 27.4 Å². The Bertz CT molecular complexity index is 2170. The van der Waals surface area contributed by atoms with E-state index in [1.807, 2.05) is 18.4 Å². The third kappa shape index (κ3) is 12.1. The smallest absolute Gasteiger partial charge is 0.320 e. The van der Waals surface area contributed by atoms with E-state index in [1.54, 1.807) is 13.8 Å². The van der Waals surface area contributed by atoms with Gasteiger partial charge in [0.05, 0.1) is 22.1 Å². The van der Waals surface area contributed by atoms with Gasteiger partial charge in [-0.1, -0.05) is 33.6 Å². The molecule has 0 fully saturated rings. The molecule has 2 aliphatic rings. The molecular formula is C36H48FN8O10PS. The lowest BCUT2D eigenvalue weighted by molar-refractivity contribution is -0.392. The van der Waals surface area contributed by atoms with Gasteiger partial charge >= 0.3 is 11.7 Å². The summed E-state index contributed by atoms with van der Waals surface area (Å²) in [5, 5.41) is 33.7. The zero-order valence-corrected chi connectivity index (χ0v) is 34.5. The number of benzene rings is 2. The first kappa shape index (κ1) is 46.2. The Morgan fingerprint density at radius 2 is 1.89 bits per heavy atom. The molecule has 57 heavy (non-hydrogen) atoms. The van der Waals surface area contributed by atoms with E-state index in [-0.39, 0.29) is 65.8 Å². The van der Waals surface area contributed by atoms with E-state index in [0.717, 1.165) is 31.6 Å². The van der Waals surface area contributed by atoms with Crippen molar-refractivity contribution < 1.29 is 43.1 Å². The number of aliphatic carboxylic acids is 1. The molecule has 18 nitrogen and oxygen atoms in total. The lowest BCUT2D eigenvalue weighted by Gasteiger charge is -2.28. The minimum Gasteiger partial charge on any atom is -0.481 e. The normalized spacial score (nSPS) is 15.7. The summed E-state index contributed by atoms with van der Waals surface area (Å²) in [4.78, 5) is 58.7. The van der Waals surface area contributed by atoms with Crippen LogP contribution in [0.3, 0.4) is 0 Å². The van der Waals surface area contributed by atoms with Crippen molar-refractivity contribution in [1.82, 2.24) is 8.94 Å². The molecule has 5 N–H and O–H groups in total. The molecule has 0 bridgehead atoms. The minimum atomic E-state index is -3.10. The van der Waals surface area contributed by atoms with Crippen molar-refractivity contribution in [3.63, 3.8) is 0 Å². The highest BCUT2D eigenvalue weighted by molar-refractivity contribution is 7.57.